The highest BCUT2D eigenvalue weighted by Crippen LogP contribution is 2.22. The summed E-state index contributed by atoms with van der Waals surface area (Å²) in [6.07, 6.45) is 3.42. The van der Waals surface area contributed by atoms with E-state index in [2.05, 4.69) is 0 Å². The average Bonchev–Trinajstić information content (AvgIpc) is 2.62. The van der Waals surface area contributed by atoms with Gasteiger partial charge in [-0.3, -0.25) is 4.79 Å². The maximum absolute atomic E-state index is 12.1. The fourth-order valence-electron chi connectivity index (χ4n) is 2.36. The van der Waals surface area contributed by atoms with Crippen molar-refractivity contribution in [1.29, 1.82) is 0 Å². The summed E-state index contributed by atoms with van der Waals surface area (Å²) in [5.41, 5.74) is 0.931. The Hall–Kier alpha value is -2.59. The molecular weight excluding hydrogens is 290 g/mol. The molecule has 118 valence electrons. The number of amides is 1. The number of morpholine rings is 1. The van der Waals surface area contributed by atoms with Crippen LogP contribution in [0.2, 0.25) is 0 Å². The molecule has 0 spiro atoms. The molecule has 0 bridgehead atoms. The third-order valence-corrected chi connectivity index (χ3v) is 3.58. The van der Waals surface area contributed by atoms with Crippen LogP contribution in [0.25, 0.3) is 6.08 Å². The SMILES string of the molecule is O=C(/C=C/c1cccc(Oc2ccccc2)c1)N1CCOCC1. The van der Waals surface area contributed by atoms with Crippen molar-refractivity contribution in [2.24, 2.45) is 0 Å². The predicted molar refractivity (Wildman–Crippen MR) is 89.4 cm³/mol. The van der Waals surface area contributed by atoms with Crippen LogP contribution in [-0.2, 0) is 9.53 Å². The number of ether oxygens (including phenoxy) is 2. The lowest BCUT2D eigenvalue weighted by Crippen LogP contribution is -2.39. The summed E-state index contributed by atoms with van der Waals surface area (Å²) < 4.78 is 11.0. The summed E-state index contributed by atoms with van der Waals surface area (Å²) in [6, 6.07) is 17.3. The van der Waals surface area contributed by atoms with E-state index >= 15 is 0 Å². The number of carbonyl (C=O) groups excluding carboxylic acids is 1. The number of hydrogen-bond acceptors (Lipinski definition) is 3. The highest BCUT2D eigenvalue weighted by molar-refractivity contribution is 5.91. The van der Waals surface area contributed by atoms with Gasteiger partial charge >= 0.3 is 0 Å². The topological polar surface area (TPSA) is 38.8 Å². The molecule has 0 atom stereocenters. The molecule has 1 amide bonds. The molecule has 0 radical (unpaired) electrons. The second-order valence-corrected chi connectivity index (χ2v) is 5.26. The molecule has 4 heteroatoms. The maximum Gasteiger partial charge on any atom is 0.246 e. The van der Waals surface area contributed by atoms with Crippen LogP contribution in [0.15, 0.2) is 60.7 Å². The van der Waals surface area contributed by atoms with E-state index < -0.39 is 0 Å². The molecule has 1 fully saturated rings. The molecule has 0 aromatic heterocycles. The van der Waals surface area contributed by atoms with Crippen LogP contribution in [0.5, 0.6) is 11.5 Å². The number of rotatable bonds is 4. The molecule has 1 saturated heterocycles. The van der Waals surface area contributed by atoms with Gasteiger partial charge in [0.1, 0.15) is 11.5 Å². The first-order valence-electron chi connectivity index (χ1n) is 7.69. The summed E-state index contributed by atoms with van der Waals surface area (Å²) in [6.45, 7) is 2.53. The van der Waals surface area contributed by atoms with E-state index in [-0.39, 0.29) is 5.91 Å². The van der Waals surface area contributed by atoms with Gasteiger partial charge in [0.15, 0.2) is 0 Å². The minimum atomic E-state index is 0.0164. The lowest BCUT2D eigenvalue weighted by Gasteiger charge is -2.25. The lowest BCUT2D eigenvalue weighted by molar-refractivity contribution is -0.129. The average molecular weight is 309 g/mol. The van der Waals surface area contributed by atoms with Crippen LogP contribution in [-0.4, -0.2) is 37.1 Å². The van der Waals surface area contributed by atoms with E-state index in [1.807, 2.05) is 60.7 Å². The van der Waals surface area contributed by atoms with E-state index in [4.69, 9.17) is 9.47 Å². The Morgan fingerprint density at radius 1 is 1.00 bits per heavy atom. The van der Waals surface area contributed by atoms with Crippen molar-refractivity contribution in [2.75, 3.05) is 26.3 Å². The Bertz CT molecular complexity index is 676. The van der Waals surface area contributed by atoms with E-state index in [1.54, 1.807) is 11.0 Å². The molecule has 0 unspecified atom stereocenters. The zero-order valence-corrected chi connectivity index (χ0v) is 12.9. The van der Waals surface area contributed by atoms with E-state index in [1.165, 1.54) is 0 Å². The summed E-state index contributed by atoms with van der Waals surface area (Å²) in [4.78, 5) is 13.9. The molecule has 1 aliphatic rings. The van der Waals surface area contributed by atoms with E-state index in [0.717, 1.165) is 17.1 Å². The first-order chi connectivity index (χ1) is 11.3. The fraction of sp³-hybridized carbons (Fsp3) is 0.211. The minimum Gasteiger partial charge on any atom is -0.457 e. The summed E-state index contributed by atoms with van der Waals surface area (Å²) in [5, 5.41) is 0. The third-order valence-electron chi connectivity index (χ3n) is 3.58. The van der Waals surface area contributed by atoms with Gasteiger partial charge in [-0.2, -0.15) is 0 Å². The normalized spacial score (nSPS) is 14.9. The fourth-order valence-corrected chi connectivity index (χ4v) is 2.36. The van der Waals surface area contributed by atoms with Gasteiger partial charge in [0.2, 0.25) is 5.91 Å². The van der Waals surface area contributed by atoms with Crippen LogP contribution >= 0.6 is 0 Å². The molecule has 23 heavy (non-hydrogen) atoms. The first kappa shape index (κ1) is 15.3. The van der Waals surface area contributed by atoms with Crippen molar-refractivity contribution < 1.29 is 14.3 Å². The Balaban J connectivity index is 1.65. The molecule has 3 rings (SSSR count). The number of carbonyl (C=O) groups is 1. The van der Waals surface area contributed by atoms with Crippen molar-refractivity contribution in [3.05, 3.63) is 66.2 Å². The van der Waals surface area contributed by atoms with Gasteiger partial charge in [-0.1, -0.05) is 30.3 Å². The quantitative estimate of drug-likeness (QED) is 0.813. The smallest absolute Gasteiger partial charge is 0.246 e. The van der Waals surface area contributed by atoms with Gasteiger partial charge in [0.25, 0.3) is 0 Å². The highest BCUT2D eigenvalue weighted by Gasteiger charge is 2.13. The Kier molecular flexibility index (Phi) is 5.06. The second kappa shape index (κ2) is 7.61. The summed E-state index contributed by atoms with van der Waals surface area (Å²) in [7, 11) is 0. The van der Waals surface area contributed by atoms with Crippen molar-refractivity contribution in [3.63, 3.8) is 0 Å². The number of benzene rings is 2. The standard InChI is InChI=1S/C19H19NO3/c21-19(20-11-13-22-14-12-20)10-9-16-5-4-8-18(15-16)23-17-6-2-1-3-7-17/h1-10,15H,11-14H2/b10-9+. The Morgan fingerprint density at radius 2 is 1.74 bits per heavy atom. The Morgan fingerprint density at radius 3 is 2.52 bits per heavy atom. The summed E-state index contributed by atoms with van der Waals surface area (Å²) >= 11 is 0. The van der Waals surface area contributed by atoms with Crippen LogP contribution in [0.3, 0.4) is 0 Å². The van der Waals surface area contributed by atoms with Gasteiger partial charge in [0.05, 0.1) is 13.2 Å². The predicted octanol–water partition coefficient (Wildman–Crippen LogP) is 3.35. The van der Waals surface area contributed by atoms with E-state index in [0.29, 0.717) is 26.3 Å². The lowest BCUT2D eigenvalue weighted by atomic mass is 10.2. The van der Waals surface area contributed by atoms with Crippen molar-refractivity contribution in [2.45, 2.75) is 0 Å². The first-order valence-corrected chi connectivity index (χ1v) is 7.69. The molecule has 1 heterocycles. The Labute approximate surface area is 135 Å². The van der Waals surface area contributed by atoms with Gasteiger partial charge in [-0.15, -0.1) is 0 Å². The zero-order valence-electron chi connectivity index (χ0n) is 12.9. The van der Waals surface area contributed by atoms with Crippen molar-refractivity contribution in [1.82, 2.24) is 4.90 Å². The third kappa shape index (κ3) is 4.44. The monoisotopic (exact) mass is 309 g/mol. The van der Waals surface area contributed by atoms with Crippen LogP contribution < -0.4 is 4.74 Å². The van der Waals surface area contributed by atoms with Crippen molar-refractivity contribution >= 4 is 12.0 Å². The second-order valence-electron chi connectivity index (χ2n) is 5.26. The molecule has 2 aromatic carbocycles. The number of nitrogens with zero attached hydrogens (tertiary/aromatic N) is 1. The minimum absolute atomic E-state index is 0.0164. The van der Waals surface area contributed by atoms with Gasteiger partial charge in [-0.05, 0) is 35.9 Å². The highest BCUT2D eigenvalue weighted by atomic mass is 16.5. The molecule has 2 aromatic rings. The number of para-hydroxylation sites is 1. The molecule has 0 N–H and O–H groups in total. The van der Waals surface area contributed by atoms with Gasteiger partial charge in [-0.25, -0.2) is 0 Å². The van der Waals surface area contributed by atoms with Crippen molar-refractivity contribution in [3.8, 4) is 11.5 Å². The number of hydrogen-bond donors (Lipinski definition) is 0. The van der Waals surface area contributed by atoms with Crippen LogP contribution in [0, 0.1) is 0 Å². The molecule has 4 nitrogen and oxygen atoms in total. The molecule has 0 saturated carbocycles. The maximum atomic E-state index is 12.1. The van der Waals surface area contributed by atoms with E-state index in [9.17, 15) is 4.79 Å². The molecule has 1 aliphatic heterocycles. The van der Waals surface area contributed by atoms with Crippen LogP contribution in [0.1, 0.15) is 5.56 Å². The zero-order chi connectivity index (χ0) is 15.9. The molecule has 0 aliphatic carbocycles. The summed E-state index contributed by atoms with van der Waals surface area (Å²) in [5.74, 6) is 1.55. The van der Waals surface area contributed by atoms with Crippen LogP contribution in [0.4, 0.5) is 0 Å². The van der Waals surface area contributed by atoms with Gasteiger partial charge in [0, 0.05) is 19.2 Å². The van der Waals surface area contributed by atoms with Gasteiger partial charge < -0.3 is 14.4 Å². The largest absolute Gasteiger partial charge is 0.457 e. The molecular formula is C19H19NO3.